The van der Waals surface area contributed by atoms with E-state index in [4.69, 9.17) is 0 Å². The highest BCUT2D eigenvalue weighted by molar-refractivity contribution is 5.91. The van der Waals surface area contributed by atoms with Crippen molar-refractivity contribution < 1.29 is 4.79 Å². The van der Waals surface area contributed by atoms with Crippen LogP contribution in [0.15, 0.2) is 6.07 Å². The van der Waals surface area contributed by atoms with Gasteiger partial charge in [-0.2, -0.15) is 4.98 Å². The highest BCUT2D eigenvalue weighted by Crippen LogP contribution is 2.08. The van der Waals surface area contributed by atoms with Gasteiger partial charge in [-0.05, 0) is 46.3 Å². The molecule has 2 rings (SSSR count). The fourth-order valence-corrected chi connectivity index (χ4v) is 2.70. The summed E-state index contributed by atoms with van der Waals surface area (Å²) in [5.41, 5.74) is 1.77. The Morgan fingerprint density at radius 3 is 2.61 bits per heavy atom. The SMILES string of the molecule is Cc1cc(C)n2nc(C(=O)N[C@H](CC(C)C)CN(C)C)nc2n1. The number of hydrogen-bond donors (Lipinski definition) is 1. The molecule has 0 saturated carbocycles. The molecule has 0 bridgehead atoms. The standard InChI is InChI=1S/C16H26N6O/c1-10(2)7-13(9-21(5)6)18-15(23)14-19-16-17-11(3)8-12(4)22(16)20-14/h8,10,13H,7,9H2,1-6H3,(H,18,23)/t13-/m1/s1. The lowest BCUT2D eigenvalue weighted by Crippen LogP contribution is -2.42. The predicted molar refractivity (Wildman–Crippen MR) is 89.5 cm³/mol. The van der Waals surface area contributed by atoms with E-state index in [-0.39, 0.29) is 17.8 Å². The third kappa shape index (κ3) is 4.48. The number of aromatic nitrogens is 4. The van der Waals surface area contributed by atoms with Crippen LogP contribution in [-0.2, 0) is 0 Å². The van der Waals surface area contributed by atoms with Crippen LogP contribution in [0.4, 0.5) is 0 Å². The molecule has 0 aliphatic rings. The zero-order valence-corrected chi connectivity index (χ0v) is 14.8. The molecule has 1 amide bonds. The molecule has 1 atom stereocenters. The second kappa shape index (κ2) is 7.04. The highest BCUT2D eigenvalue weighted by atomic mass is 16.2. The molecule has 1 N–H and O–H groups in total. The third-order valence-electron chi connectivity index (χ3n) is 3.50. The number of carbonyl (C=O) groups is 1. The van der Waals surface area contributed by atoms with Crippen LogP contribution in [0.2, 0.25) is 0 Å². The molecule has 7 heteroatoms. The van der Waals surface area contributed by atoms with Gasteiger partial charge in [0.05, 0.1) is 0 Å². The second-order valence-corrected chi connectivity index (χ2v) is 6.75. The Hall–Kier alpha value is -2.02. The average Bonchev–Trinajstić information content (AvgIpc) is 2.81. The molecule has 0 aromatic carbocycles. The summed E-state index contributed by atoms with van der Waals surface area (Å²) in [6.07, 6.45) is 0.910. The van der Waals surface area contributed by atoms with Crippen LogP contribution < -0.4 is 5.32 Å². The highest BCUT2D eigenvalue weighted by Gasteiger charge is 2.20. The summed E-state index contributed by atoms with van der Waals surface area (Å²) in [7, 11) is 4.00. The van der Waals surface area contributed by atoms with E-state index in [1.165, 1.54) is 0 Å². The first-order valence-corrected chi connectivity index (χ1v) is 7.93. The molecule has 2 aromatic heterocycles. The molecule has 0 aliphatic carbocycles. The van der Waals surface area contributed by atoms with Crippen molar-refractivity contribution >= 4 is 11.7 Å². The maximum absolute atomic E-state index is 12.5. The predicted octanol–water partition coefficient (Wildman–Crippen LogP) is 1.45. The average molecular weight is 318 g/mol. The Morgan fingerprint density at radius 1 is 1.30 bits per heavy atom. The lowest BCUT2D eigenvalue weighted by molar-refractivity contribution is 0.0914. The van der Waals surface area contributed by atoms with Crippen molar-refractivity contribution in [2.24, 2.45) is 5.92 Å². The third-order valence-corrected chi connectivity index (χ3v) is 3.50. The Bertz CT molecular complexity index is 681. The first-order chi connectivity index (χ1) is 10.8. The van der Waals surface area contributed by atoms with Gasteiger partial charge in [0.25, 0.3) is 11.7 Å². The van der Waals surface area contributed by atoms with Gasteiger partial charge in [0, 0.05) is 24.0 Å². The van der Waals surface area contributed by atoms with Crippen molar-refractivity contribution in [3.63, 3.8) is 0 Å². The first-order valence-electron chi connectivity index (χ1n) is 7.93. The fraction of sp³-hybridized carbons (Fsp3) is 0.625. The minimum absolute atomic E-state index is 0.0694. The van der Waals surface area contributed by atoms with Gasteiger partial charge in [-0.25, -0.2) is 9.50 Å². The Morgan fingerprint density at radius 2 is 2.00 bits per heavy atom. The normalized spacial score (nSPS) is 13.0. The van der Waals surface area contributed by atoms with Gasteiger partial charge in [-0.1, -0.05) is 13.8 Å². The lowest BCUT2D eigenvalue weighted by Gasteiger charge is -2.23. The second-order valence-electron chi connectivity index (χ2n) is 6.75. The van der Waals surface area contributed by atoms with Crippen molar-refractivity contribution in [1.29, 1.82) is 0 Å². The molecule has 0 radical (unpaired) electrons. The number of hydrogen-bond acceptors (Lipinski definition) is 5. The Kier molecular flexibility index (Phi) is 5.30. The van der Waals surface area contributed by atoms with E-state index < -0.39 is 0 Å². The van der Waals surface area contributed by atoms with E-state index in [1.54, 1.807) is 4.52 Å². The number of fused-ring (bicyclic) bond motifs is 1. The van der Waals surface area contributed by atoms with Crippen molar-refractivity contribution in [2.75, 3.05) is 20.6 Å². The Balaban J connectivity index is 2.20. The number of nitrogens with one attached hydrogen (secondary N) is 1. The van der Waals surface area contributed by atoms with Gasteiger partial charge in [-0.3, -0.25) is 4.79 Å². The summed E-state index contributed by atoms with van der Waals surface area (Å²) in [5.74, 6) is 0.875. The molecule has 2 heterocycles. The van der Waals surface area contributed by atoms with Gasteiger partial charge >= 0.3 is 0 Å². The van der Waals surface area contributed by atoms with Crippen LogP contribution in [0.25, 0.3) is 5.78 Å². The summed E-state index contributed by atoms with van der Waals surface area (Å²) in [4.78, 5) is 23.1. The van der Waals surface area contributed by atoms with Crippen LogP contribution in [-0.4, -0.2) is 57.1 Å². The molecule has 23 heavy (non-hydrogen) atoms. The van der Waals surface area contributed by atoms with Crippen molar-refractivity contribution in [3.05, 3.63) is 23.3 Å². The van der Waals surface area contributed by atoms with Gasteiger partial charge in [0.1, 0.15) is 0 Å². The quantitative estimate of drug-likeness (QED) is 0.872. The lowest BCUT2D eigenvalue weighted by atomic mass is 10.0. The number of amides is 1. The summed E-state index contributed by atoms with van der Waals surface area (Å²) in [5, 5.41) is 7.33. The summed E-state index contributed by atoms with van der Waals surface area (Å²) < 4.78 is 1.60. The van der Waals surface area contributed by atoms with E-state index in [9.17, 15) is 4.79 Å². The van der Waals surface area contributed by atoms with Crippen LogP contribution >= 0.6 is 0 Å². The van der Waals surface area contributed by atoms with Gasteiger partial charge < -0.3 is 10.2 Å². The molecule has 126 valence electrons. The number of carbonyl (C=O) groups excluding carboxylic acids is 1. The summed E-state index contributed by atoms with van der Waals surface area (Å²) in [6.45, 7) is 8.90. The fourth-order valence-electron chi connectivity index (χ4n) is 2.70. The van der Waals surface area contributed by atoms with E-state index in [1.807, 2.05) is 34.0 Å². The summed E-state index contributed by atoms with van der Waals surface area (Å²) in [6, 6.07) is 1.98. The molecular formula is C16H26N6O. The molecule has 0 unspecified atom stereocenters. The topological polar surface area (TPSA) is 75.4 Å². The van der Waals surface area contributed by atoms with E-state index in [0.29, 0.717) is 11.7 Å². The maximum Gasteiger partial charge on any atom is 0.291 e. The molecule has 0 spiro atoms. The first kappa shape index (κ1) is 17.3. The van der Waals surface area contributed by atoms with Crippen LogP contribution in [0.1, 0.15) is 42.3 Å². The largest absolute Gasteiger partial charge is 0.345 e. The molecule has 0 fully saturated rings. The molecule has 2 aromatic rings. The zero-order valence-electron chi connectivity index (χ0n) is 14.8. The van der Waals surface area contributed by atoms with Crippen LogP contribution in [0, 0.1) is 19.8 Å². The van der Waals surface area contributed by atoms with Gasteiger partial charge in [-0.15, -0.1) is 5.10 Å². The molecule has 0 aliphatic heterocycles. The minimum atomic E-state index is -0.250. The molecule has 0 saturated heterocycles. The number of aryl methyl sites for hydroxylation is 2. The summed E-state index contributed by atoms with van der Waals surface area (Å²) >= 11 is 0. The van der Waals surface area contributed by atoms with Crippen molar-refractivity contribution in [2.45, 2.75) is 40.2 Å². The van der Waals surface area contributed by atoms with Crippen LogP contribution in [0.3, 0.4) is 0 Å². The molecule has 7 nitrogen and oxygen atoms in total. The Labute approximate surface area is 137 Å². The number of rotatable bonds is 6. The van der Waals surface area contributed by atoms with Crippen molar-refractivity contribution in [3.8, 4) is 0 Å². The minimum Gasteiger partial charge on any atom is -0.345 e. The van der Waals surface area contributed by atoms with E-state index in [2.05, 4.69) is 39.1 Å². The van der Waals surface area contributed by atoms with E-state index >= 15 is 0 Å². The van der Waals surface area contributed by atoms with Crippen molar-refractivity contribution in [1.82, 2.24) is 29.8 Å². The van der Waals surface area contributed by atoms with Gasteiger partial charge in [0.15, 0.2) is 0 Å². The molecular weight excluding hydrogens is 292 g/mol. The number of nitrogens with zero attached hydrogens (tertiary/aromatic N) is 5. The van der Waals surface area contributed by atoms with Gasteiger partial charge in [0.2, 0.25) is 5.82 Å². The zero-order chi connectivity index (χ0) is 17.1. The van der Waals surface area contributed by atoms with E-state index in [0.717, 1.165) is 24.4 Å². The maximum atomic E-state index is 12.5. The van der Waals surface area contributed by atoms with Crippen LogP contribution in [0.5, 0.6) is 0 Å². The smallest absolute Gasteiger partial charge is 0.291 e. The number of likely N-dealkylation sites (N-methyl/N-ethyl adjacent to an activating group) is 1. The monoisotopic (exact) mass is 318 g/mol.